The molecule has 0 bridgehead atoms. The van der Waals surface area contributed by atoms with Gasteiger partial charge in [0.05, 0.1) is 0 Å². The first-order valence-electron chi connectivity index (χ1n) is 7.87. The lowest BCUT2D eigenvalue weighted by Gasteiger charge is -2.36. The van der Waals surface area contributed by atoms with E-state index in [1.54, 1.807) is 29.2 Å². The number of rotatable bonds is 7. The quantitative estimate of drug-likeness (QED) is 0.731. The standard InChI is InChI=1S/C18H28ClNO2/c1-13(2)11-12-20(6)17(21)18(5,14(3)4)22-16-9-7-15(19)8-10-16/h7-10,13-14H,11-12H2,1-6H3. The van der Waals surface area contributed by atoms with Gasteiger partial charge in [0.1, 0.15) is 5.75 Å². The number of carbonyl (C=O) groups excluding carboxylic acids is 1. The van der Waals surface area contributed by atoms with E-state index >= 15 is 0 Å². The maximum atomic E-state index is 12.9. The van der Waals surface area contributed by atoms with Gasteiger partial charge in [-0.1, -0.05) is 39.3 Å². The van der Waals surface area contributed by atoms with Crippen molar-refractivity contribution in [3.05, 3.63) is 29.3 Å². The minimum absolute atomic E-state index is 0.0121. The number of likely N-dealkylation sites (N-methyl/N-ethyl adjacent to an activating group) is 1. The molecule has 124 valence electrons. The molecule has 0 aliphatic rings. The Morgan fingerprint density at radius 3 is 2.23 bits per heavy atom. The van der Waals surface area contributed by atoms with Gasteiger partial charge in [0, 0.05) is 24.5 Å². The van der Waals surface area contributed by atoms with E-state index in [9.17, 15) is 4.79 Å². The van der Waals surface area contributed by atoms with Gasteiger partial charge in [-0.25, -0.2) is 0 Å². The van der Waals surface area contributed by atoms with Crippen molar-refractivity contribution in [1.82, 2.24) is 4.90 Å². The molecule has 1 aromatic carbocycles. The van der Waals surface area contributed by atoms with Crippen LogP contribution in [0.15, 0.2) is 24.3 Å². The zero-order valence-electron chi connectivity index (χ0n) is 14.5. The topological polar surface area (TPSA) is 29.5 Å². The van der Waals surface area contributed by atoms with Gasteiger partial charge in [-0.3, -0.25) is 4.79 Å². The number of hydrogen-bond donors (Lipinski definition) is 0. The molecule has 1 unspecified atom stereocenters. The Bertz CT molecular complexity index is 484. The van der Waals surface area contributed by atoms with Crippen molar-refractivity contribution in [3.8, 4) is 5.75 Å². The monoisotopic (exact) mass is 325 g/mol. The predicted molar refractivity (Wildman–Crippen MR) is 92.4 cm³/mol. The van der Waals surface area contributed by atoms with Crippen molar-refractivity contribution in [2.24, 2.45) is 11.8 Å². The first kappa shape index (κ1) is 18.8. The van der Waals surface area contributed by atoms with Crippen molar-refractivity contribution in [3.63, 3.8) is 0 Å². The molecule has 0 spiro atoms. The number of hydrogen-bond acceptors (Lipinski definition) is 2. The molecule has 0 heterocycles. The number of nitrogens with zero attached hydrogens (tertiary/aromatic N) is 1. The van der Waals surface area contributed by atoms with E-state index in [2.05, 4.69) is 13.8 Å². The third-order valence-electron chi connectivity index (χ3n) is 4.06. The molecule has 0 aromatic heterocycles. The molecule has 1 aromatic rings. The van der Waals surface area contributed by atoms with Gasteiger partial charge in [0.2, 0.25) is 0 Å². The fraction of sp³-hybridized carbons (Fsp3) is 0.611. The van der Waals surface area contributed by atoms with Crippen molar-refractivity contribution in [1.29, 1.82) is 0 Å². The Morgan fingerprint density at radius 1 is 1.23 bits per heavy atom. The van der Waals surface area contributed by atoms with Crippen LogP contribution in [0, 0.1) is 11.8 Å². The lowest BCUT2D eigenvalue weighted by molar-refractivity contribution is -0.149. The highest BCUT2D eigenvalue weighted by atomic mass is 35.5. The largest absolute Gasteiger partial charge is 0.477 e. The minimum Gasteiger partial charge on any atom is -0.477 e. The molecular formula is C18H28ClNO2. The van der Waals surface area contributed by atoms with Crippen molar-refractivity contribution >= 4 is 17.5 Å². The molecule has 1 amide bonds. The number of amides is 1. The molecule has 0 saturated carbocycles. The van der Waals surface area contributed by atoms with Crippen LogP contribution in [0.3, 0.4) is 0 Å². The summed E-state index contributed by atoms with van der Waals surface area (Å²) in [6, 6.07) is 7.13. The van der Waals surface area contributed by atoms with Crippen LogP contribution in [0.2, 0.25) is 5.02 Å². The van der Waals surface area contributed by atoms with Crippen LogP contribution < -0.4 is 4.74 Å². The van der Waals surface area contributed by atoms with E-state index in [4.69, 9.17) is 16.3 Å². The highest BCUT2D eigenvalue weighted by Gasteiger charge is 2.41. The SMILES string of the molecule is CC(C)CCN(C)C(=O)C(C)(Oc1ccc(Cl)cc1)C(C)C. The molecule has 0 aliphatic heterocycles. The summed E-state index contributed by atoms with van der Waals surface area (Å²) >= 11 is 5.90. The van der Waals surface area contributed by atoms with Crippen LogP contribution in [0.1, 0.15) is 41.0 Å². The Balaban J connectivity index is 2.89. The van der Waals surface area contributed by atoms with E-state index in [1.807, 2.05) is 27.8 Å². The van der Waals surface area contributed by atoms with Gasteiger partial charge < -0.3 is 9.64 Å². The van der Waals surface area contributed by atoms with Gasteiger partial charge in [0.25, 0.3) is 5.91 Å². The third kappa shape index (κ3) is 4.91. The Labute approximate surface area is 139 Å². The van der Waals surface area contributed by atoms with Crippen molar-refractivity contribution in [2.75, 3.05) is 13.6 Å². The normalized spacial score (nSPS) is 14.0. The van der Waals surface area contributed by atoms with Gasteiger partial charge in [0.15, 0.2) is 5.60 Å². The second-order valence-electron chi connectivity index (χ2n) is 6.73. The minimum atomic E-state index is -0.889. The molecule has 1 rings (SSSR count). The molecule has 0 aliphatic carbocycles. The van der Waals surface area contributed by atoms with Crippen LogP contribution in [-0.2, 0) is 4.79 Å². The van der Waals surface area contributed by atoms with E-state index in [1.165, 1.54) is 0 Å². The maximum Gasteiger partial charge on any atom is 0.266 e. The molecule has 22 heavy (non-hydrogen) atoms. The van der Waals surface area contributed by atoms with Crippen molar-refractivity contribution < 1.29 is 9.53 Å². The average molecular weight is 326 g/mol. The molecule has 4 heteroatoms. The van der Waals surface area contributed by atoms with Gasteiger partial charge in [-0.2, -0.15) is 0 Å². The van der Waals surface area contributed by atoms with Crippen LogP contribution in [0.25, 0.3) is 0 Å². The van der Waals surface area contributed by atoms with Crippen LogP contribution in [-0.4, -0.2) is 30.0 Å². The van der Waals surface area contributed by atoms with Gasteiger partial charge in [-0.15, -0.1) is 0 Å². The van der Waals surface area contributed by atoms with E-state index in [0.717, 1.165) is 13.0 Å². The summed E-state index contributed by atoms with van der Waals surface area (Å²) in [5, 5.41) is 0.652. The Kier molecular flexibility index (Phi) is 6.73. The summed E-state index contributed by atoms with van der Waals surface area (Å²) in [5.41, 5.74) is -0.889. The molecule has 1 atom stereocenters. The summed E-state index contributed by atoms with van der Waals surface area (Å²) in [4.78, 5) is 14.6. The van der Waals surface area contributed by atoms with E-state index < -0.39 is 5.60 Å². The van der Waals surface area contributed by atoms with Crippen LogP contribution in [0.5, 0.6) is 5.75 Å². The summed E-state index contributed by atoms with van der Waals surface area (Å²) in [6.45, 7) is 10.9. The van der Waals surface area contributed by atoms with Crippen LogP contribution >= 0.6 is 11.6 Å². The molecular weight excluding hydrogens is 298 g/mol. The lowest BCUT2D eigenvalue weighted by atomic mass is 9.90. The fourth-order valence-electron chi connectivity index (χ4n) is 2.09. The lowest BCUT2D eigenvalue weighted by Crippen LogP contribution is -2.53. The summed E-state index contributed by atoms with van der Waals surface area (Å²) in [7, 11) is 1.84. The molecule has 0 saturated heterocycles. The van der Waals surface area contributed by atoms with Gasteiger partial charge >= 0.3 is 0 Å². The molecule has 0 fully saturated rings. The zero-order chi connectivity index (χ0) is 16.9. The average Bonchev–Trinajstić information content (AvgIpc) is 2.46. The first-order valence-corrected chi connectivity index (χ1v) is 8.24. The number of halogens is 1. The Morgan fingerprint density at radius 2 is 1.77 bits per heavy atom. The fourth-order valence-corrected chi connectivity index (χ4v) is 2.21. The zero-order valence-corrected chi connectivity index (χ0v) is 15.3. The highest BCUT2D eigenvalue weighted by Crippen LogP contribution is 2.28. The van der Waals surface area contributed by atoms with E-state index in [0.29, 0.717) is 16.7 Å². The second-order valence-corrected chi connectivity index (χ2v) is 7.16. The number of benzene rings is 1. The summed E-state index contributed by atoms with van der Waals surface area (Å²) < 4.78 is 6.06. The highest BCUT2D eigenvalue weighted by molar-refractivity contribution is 6.30. The number of carbonyl (C=O) groups is 1. The van der Waals surface area contributed by atoms with E-state index in [-0.39, 0.29) is 11.8 Å². The second kappa shape index (κ2) is 7.87. The van der Waals surface area contributed by atoms with Gasteiger partial charge in [-0.05, 0) is 43.5 Å². The molecule has 3 nitrogen and oxygen atoms in total. The summed E-state index contributed by atoms with van der Waals surface area (Å²) in [6.07, 6.45) is 0.983. The Hall–Kier alpha value is -1.22. The van der Waals surface area contributed by atoms with Crippen LogP contribution in [0.4, 0.5) is 0 Å². The summed E-state index contributed by atoms with van der Waals surface area (Å²) in [5.74, 6) is 1.29. The maximum absolute atomic E-state index is 12.9. The first-order chi connectivity index (χ1) is 10.2. The molecule has 0 N–H and O–H groups in total. The third-order valence-corrected chi connectivity index (χ3v) is 4.31. The van der Waals surface area contributed by atoms with Crippen molar-refractivity contribution in [2.45, 2.75) is 46.6 Å². The predicted octanol–water partition coefficient (Wildman–Crippen LogP) is 4.64. The smallest absolute Gasteiger partial charge is 0.266 e. The number of ether oxygens (including phenoxy) is 1. The molecule has 0 radical (unpaired) electrons.